The van der Waals surface area contributed by atoms with Gasteiger partial charge in [-0.1, -0.05) is 18.6 Å². The van der Waals surface area contributed by atoms with Gasteiger partial charge in [0.25, 0.3) is 0 Å². The third kappa shape index (κ3) is 15.2. The van der Waals surface area contributed by atoms with Crippen molar-refractivity contribution in [3.8, 4) is 0 Å². The highest BCUT2D eigenvalue weighted by Crippen LogP contribution is 2.18. The summed E-state index contributed by atoms with van der Waals surface area (Å²) in [5.74, 6) is -2.51. The molecule has 0 aliphatic carbocycles. The first-order chi connectivity index (χ1) is 13.3. The Bertz CT molecular complexity index is 439. The Morgan fingerprint density at radius 2 is 1.04 bits per heavy atom. The van der Waals surface area contributed by atoms with Gasteiger partial charge in [-0.2, -0.15) is 0 Å². The second kappa shape index (κ2) is 16.1. The van der Waals surface area contributed by atoms with Crippen molar-refractivity contribution in [2.24, 2.45) is 0 Å². The van der Waals surface area contributed by atoms with E-state index in [4.69, 9.17) is 15.3 Å². The molecular formula is C21H38NO6+. The zero-order chi connectivity index (χ0) is 21.3. The van der Waals surface area contributed by atoms with Crippen LogP contribution in [-0.4, -0.2) is 63.9 Å². The summed E-state index contributed by atoms with van der Waals surface area (Å²) in [4.78, 5) is 32.7. The fraction of sp³-hybridized carbons (Fsp3) is 0.762. The lowest BCUT2D eigenvalue weighted by molar-refractivity contribution is -0.929. The minimum atomic E-state index is -0.835. The number of unbranched alkanes of at least 4 members (excludes halogenated alkanes) is 4. The van der Waals surface area contributed by atoms with E-state index in [-0.39, 0.29) is 19.3 Å². The van der Waals surface area contributed by atoms with Crippen molar-refractivity contribution in [1.29, 1.82) is 0 Å². The first-order valence-electron chi connectivity index (χ1n) is 10.4. The maximum absolute atomic E-state index is 10.9. The zero-order valence-corrected chi connectivity index (χ0v) is 17.3. The van der Waals surface area contributed by atoms with E-state index in [1.165, 1.54) is 0 Å². The number of carboxylic acid groups (broad SMARTS) is 3. The molecule has 0 fully saturated rings. The number of hydrogen-bond acceptors (Lipinski definition) is 3. The van der Waals surface area contributed by atoms with E-state index < -0.39 is 17.9 Å². The quantitative estimate of drug-likeness (QED) is 0.172. The molecule has 0 aliphatic heterocycles. The van der Waals surface area contributed by atoms with Crippen LogP contribution in [0.2, 0.25) is 0 Å². The summed E-state index contributed by atoms with van der Waals surface area (Å²) in [6, 6.07) is 0. The van der Waals surface area contributed by atoms with Crippen molar-refractivity contribution in [1.82, 2.24) is 0 Å². The molecule has 7 heteroatoms. The molecule has 0 aromatic heterocycles. The van der Waals surface area contributed by atoms with Crippen LogP contribution in [0.25, 0.3) is 0 Å². The molecular weight excluding hydrogens is 362 g/mol. The lowest BCUT2D eigenvalue weighted by atomic mass is 10.1. The first kappa shape index (κ1) is 26.1. The number of quaternary nitrogens is 1. The largest absolute Gasteiger partial charge is 0.481 e. The van der Waals surface area contributed by atoms with Crippen LogP contribution in [0.15, 0.2) is 12.2 Å². The monoisotopic (exact) mass is 400 g/mol. The van der Waals surface area contributed by atoms with Crippen molar-refractivity contribution < 1.29 is 34.2 Å². The third-order valence-corrected chi connectivity index (χ3v) is 5.06. The molecule has 0 bridgehead atoms. The van der Waals surface area contributed by atoms with Gasteiger partial charge < -0.3 is 19.8 Å². The molecule has 0 saturated heterocycles. The van der Waals surface area contributed by atoms with Crippen LogP contribution in [0.4, 0.5) is 0 Å². The van der Waals surface area contributed by atoms with Crippen molar-refractivity contribution in [2.75, 3.05) is 26.2 Å². The van der Waals surface area contributed by atoms with Crippen molar-refractivity contribution in [3.05, 3.63) is 12.2 Å². The molecule has 0 spiro atoms. The average Bonchev–Trinajstić information content (AvgIpc) is 2.60. The Labute approximate surface area is 168 Å². The molecule has 0 unspecified atom stereocenters. The van der Waals surface area contributed by atoms with Gasteiger partial charge in [0.1, 0.15) is 0 Å². The summed E-state index contributed by atoms with van der Waals surface area (Å²) in [7, 11) is 0. The molecule has 7 nitrogen and oxygen atoms in total. The van der Waals surface area contributed by atoms with Crippen LogP contribution < -0.4 is 0 Å². The number of aliphatic carboxylic acids is 3. The third-order valence-electron chi connectivity index (χ3n) is 5.06. The Hall–Kier alpha value is -1.89. The van der Waals surface area contributed by atoms with Gasteiger partial charge in [-0.3, -0.25) is 14.4 Å². The topological polar surface area (TPSA) is 112 Å². The molecule has 0 radical (unpaired) electrons. The summed E-state index contributed by atoms with van der Waals surface area (Å²) < 4.78 is 0.628. The minimum Gasteiger partial charge on any atom is -0.481 e. The Balaban J connectivity index is 4.82. The van der Waals surface area contributed by atoms with E-state index in [0.29, 0.717) is 43.4 Å². The molecule has 0 aliphatic rings. The lowest BCUT2D eigenvalue weighted by Gasteiger charge is -2.39. The molecule has 0 rings (SSSR count). The number of carbonyl (C=O) groups is 3. The molecule has 0 aromatic rings. The van der Waals surface area contributed by atoms with Gasteiger partial charge in [0.2, 0.25) is 0 Å². The van der Waals surface area contributed by atoms with Gasteiger partial charge >= 0.3 is 17.9 Å². The SMILES string of the molecule is C/C=C/CCCCCC[N+](CCCC(=O)O)(CCCC(=O)O)CCCC(=O)O. The van der Waals surface area contributed by atoms with Crippen LogP contribution in [0, 0.1) is 0 Å². The molecule has 0 atom stereocenters. The van der Waals surface area contributed by atoms with E-state index in [2.05, 4.69) is 12.2 Å². The van der Waals surface area contributed by atoms with Gasteiger partial charge in [-0.15, -0.1) is 0 Å². The lowest BCUT2D eigenvalue weighted by Crippen LogP contribution is -2.51. The summed E-state index contributed by atoms with van der Waals surface area (Å²) in [5, 5.41) is 26.9. The molecule has 28 heavy (non-hydrogen) atoms. The average molecular weight is 401 g/mol. The first-order valence-corrected chi connectivity index (χ1v) is 10.4. The van der Waals surface area contributed by atoms with E-state index in [0.717, 1.165) is 38.6 Å². The van der Waals surface area contributed by atoms with Crippen LogP contribution in [0.5, 0.6) is 0 Å². The van der Waals surface area contributed by atoms with Crippen molar-refractivity contribution in [3.63, 3.8) is 0 Å². The smallest absolute Gasteiger partial charge is 0.303 e. The van der Waals surface area contributed by atoms with Crippen LogP contribution >= 0.6 is 0 Å². The van der Waals surface area contributed by atoms with Crippen LogP contribution in [0.1, 0.15) is 77.6 Å². The molecule has 0 saturated carbocycles. The minimum absolute atomic E-state index is 0.0845. The number of rotatable bonds is 19. The van der Waals surface area contributed by atoms with Gasteiger partial charge in [0.05, 0.1) is 45.4 Å². The zero-order valence-electron chi connectivity index (χ0n) is 17.3. The highest BCUT2D eigenvalue weighted by Gasteiger charge is 2.27. The standard InChI is InChI=1S/C21H37NO6/c1-2-3-4-5-6-7-8-15-22(16-9-12-19(23)24,17-10-13-20(25)26)18-11-14-21(27)28/h2-3H,4-18H2,1H3,(H2-,23,24,25,26,27,28)/p+1/b3-2+. The summed E-state index contributed by atoms with van der Waals surface area (Å²) >= 11 is 0. The molecule has 3 N–H and O–H groups in total. The van der Waals surface area contributed by atoms with Crippen molar-refractivity contribution in [2.45, 2.75) is 77.6 Å². The van der Waals surface area contributed by atoms with E-state index in [1.807, 2.05) is 6.92 Å². The second-order valence-electron chi connectivity index (χ2n) is 7.50. The van der Waals surface area contributed by atoms with Gasteiger partial charge in [0.15, 0.2) is 0 Å². The van der Waals surface area contributed by atoms with Gasteiger partial charge in [-0.05, 0) is 32.6 Å². The Kier molecular flexibility index (Phi) is 15.0. The number of nitrogens with zero attached hydrogens (tertiary/aromatic N) is 1. The summed E-state index contributed by atoms with van der Waals surface area (Å²) in [5.41, 5.74) is 0. The molecule has 0 amide bonds. The van der Waals surface area contributed by atoms with Crippen LogP contribution in [0.3, 0.4) is 0 Å². The Morgan fingerprint density at radius 3 is 1.43 bits per heavy atom. The van der Waals surface area contributed by atoms with Crippen LogP contribution in [-0.2, 0) is 14.4 Å². The second-order valence-corrected chi connectivity index (χ2v) is 7.50. The maximum atomic E-state index is 10.9. The number of carboxylic acids is 3. The highest BCUT2D eigenvalue weighted by atomic mass is 16.4. The fourth-order valence-corrected chi connectivity index (χ4v) is 3.60. The normalized spacial score (nSPS) is 11.8. The van der Waals surface area contributed by atoms with Gasteiger partial charge in [-0.25, -0.2) is 0 Å². The van der Waals surface area contributed by atoms with E-state index >= 15 is 0 Å². The number of allylic oxidation sites excluding steroid dienone is 2. The highest BCUT2D eigenvalue weighted by molar-refractivity contribution is 5.67. The molecule has 0 aromatic carbocycles. The van der Waals surface area contributed by atoms with Crippen molar-refractivity contribution >= 4 is 17.9 Å². The Morgan fingerprint density at radius 1 is 0.643 bits per heavy atom. The predicted octanol–water partition coefficient (Wildman–Crippen LogP) is 3.92. The number of hydrogen-bond donors (Lipinski definition) is 3. The summed E-state index contributed by atoms with van der Waals surface area (Å²) in [6.07, 6.45) is 11.4. The molecule has 0 heterocycles. The summed E-state index contributed by atoms with van der Waals surface area (Å²) in [6.45, 7) is 4.83. The van der Waals surface area contributed by atoms with Gasteiger partial charge in [0, 0.05) is 19.3 Å². The predicted molar refractivity (Wildman–Crippen MR) is 108 cm³/mol. The molecule has 162 valence electrons. The van der Waals surface area contributed by atoms with E-state index in [9.17, 15) is 14.4 Å². The fourth-order valence-electron chi connectivity index (χ4n) is 3.60. The van der Waals surface area contributed by atoms with E-state index in [1.54, 1.807) is 0 Å². The maximum Gasteiger partial charge on any atom is 0.303 e.